The Kier molecular flexibility index (Phi) is 6.64. The molecule has 0 bridgehead atoms. The van der Waals surface area contributed by atoms with Crippen molar-refractivity contribution in [1.82, 2.24) is 9.21 Å². The molecule has 3 heterocycles. The SMILES string of the molecule is CSN1CCC(COc2coc(CN3Cc4ccc(C(F)(F)F)cc4C3)cc2=O)CC1. The Morgan fingerprint density at radius 3 is 2.58 bits per heavy atom. The van der Waals surface area contributed by atoms with E-state index in [2.05, 4.69) is 10.6 Å². The second kappa shape index (κ2) is 9.26. The average molecular weight is 455 g/mol. The zero-order valence-corrected chi connectivity index (χ0v) is 18.1. The van der Waals surface area contributed by atoms with Crippen molar-refractivity contribution in [3.05, 3.63) is 63.2 Å². The van der Waals surface area contributed by atoms with Gasteiger partial charge in [-0.15, -0.1) is 0 Å². The third kappa shape index (κ3) is 5.45. The number of fused-ring (bicyclic) bond motifs is 1. The van der Waals surface area contributed by atoms with Gasteiger partial charge in [0, 0.05) is 32.2 Å². The maximum Gasteiger partial charge on any atom is 0.416 e. The number of nitrogens with zero attached hydrogens (tertiary/aromatic N) is 2. The van der Waals surface area contributed by atoms with Gasteiger partial charge in [0.05, 0.1) is 18.7 Å². The molecule has 31 heavy (non-hydrogen) atoms. The summed E-state index contributed by atoms with van der Waals surface area (Å²) in [6.07, 6.45) is 1.15. The fourth-order valence-corrected chi connectivity index (χ4v) is 4.64. The van der Waals surface area contributed by atoms with E-state index in [-0.39, 0.29) is 11.2 Å². The molecule has 1 aromatic heterocycles. The fraction of sp³-hybridized carbons (Fsp3) is 0.500. The Balaban J connectivity index is 1.32. The van der Waals surface area contributed by atoms with Crippen molar-refractivity contribution in [3.63, 3.8) is 0 Å². The topological polar surface area (TPSA) is 45.9 Å². The van der Waals surface area contributed by atoms with Gasteiger partial charge in [-0.2, -0.15) is 13.2 Å². The zero-order valence-electron chi connectivity index (χ0n) is 17.3. The van der Waals surface area contributed by atoms with Gasteiger partial charge < -0.3 is 9.15 Å². The lowest BCUT2D eigenvalue weighted by molar-refractivity contribution is -0.137. The number of halogens is 3. The summed E-state index contributed by atoms with van der Waals surface area (Å²) >= 11 is 1.75. The van der Waals surface area contributed by atoms with Crippen molar-refractivity contribution in [2.24, 2.45) is 5.92 Å². The van der Waals surface area contributed by atoms with Crippen LogP contribution in [0.4, 0.5) is 13.2 Å². The quantitative estimate of drug-likeness (QED) is 0.597. The number of alkyl halides is 3. The van der Waals surface area contributed by atoms with Crippen LogP contribution >= 0.6 is 11.9 Å². The first-order chi connectivity index (χ1) is 14.8. The third-order valence-electron chi connectivity index (χ3n) is 5.86. The first kappa shape index (κ1) is 22.2. The number of piperidine rings is 1. The van der Waals surface area contributed by atoms with Gasteiger partial charge >= 0.3 is 6.18 Å². The summed E-state index contributed by atoms with van der Waals surface area (Å²) in [5.74, 6) is 1.09. The lowest BCUT2D eigenvalue weighted by atomic mass is 9.99. The molecule has 0 atom stereocenters. The smallest absolute Gasteiger partial charge is 0.416 e. The summed E-state index contributed by atoms with van der Waals surface area (Å²) in [5, 5.41) is 0. The van der Waals surface area contributed by atoms with Gasteiger partial charge in [0.1, 0.15) is 12.0 Å². The molecule has 0 amide bonds. The Hall–Kier alpha value is -1.97. The molecule has 9 heteroatoms. The minimum atomic E-state index is -4.35. The predicted octanol–water partition coefficient (Wildman–Crippen LogP) is 4.54. The standard InChI is InChI=1S/C22H25F3N2O3S/c1-31-27-6-4-15(5-7-27)13-30-21-14-29-19(9-20(21)28)12-26-10-16-2-3-18(22(23,24)25)8-17(16)11-26/h2-3,8-9,14-15H,4-7,10-13H2,1H3. The predicted molar refractivity (Wildman–Crippen MR) is 113 cm³/mol. The Morgan fingerprint density at radius 1 is 1.16 bits per heavy atom. The van der Waals surface area contributed by atoms with Crippen LogP contribution < -0.4 is 10.2 Å². The first-order valence-corrected chi connectivity index (χ1v) is 11.4. The van der Waals surface area contributed by atoms with E-state index in [0.29, 0.717) is 43.5 Å². The van der Waals surface area contributed by atoms with Crippen molar-refractivity contribution in [1.29, 1.82) is 0 Å². The summed E-state index contributed by atoms with van der Waals surface area (Å²) in [4.78, 5) is 14.4. The van der Waals surface area contributed by atoms with Crippen LogP contribution in [-0.4, -0.2) is 35.2 Å². The maximum atomic E-state index is 12.9. The number of ether oxygens (including phenoxy) is 1. The monoisotopic (exact) mass is 454 g/mol. The normalized spacial score (nSPS) is 18.3. The van der Waals surface area contributed by atoms with E-state index >= 15 is 0 Å². The van der Waals surface area contributed by atoms with E-state index in [0.717, 1.165) is 37.6 Å². The van der Waals surface area contributed by atoms with E-state index < -0.39 is 11.7 Å². The highest BCUT2D eigenvalue weighted by molar-refractivity contribution is 7.96. The van der Waals surface area contributed by atoms with Crippen molar-refractivity contribution in [2.75, 3.05) is 26.0 Å². The van der Waals surface area contributed by atoms with Crippen LogP contribution in [0.2, 0.25) is 0 Å². The van der Waals surface area contributed by atoms with Crippen molar-refractivity contribution < 1.29 is 22.3 Å². The van der Waals surface area contributed by atoms with Crippen molar-refractivity contribution in [2.45, 2.75) is 38.7 Å². The Morgan fingerprint density at radius 2 is 1.90 bits per heavy atom. The molecule has 2 aliphatic heterocycles. The third-order valence-corrected chi connectivity index (χ3v) is 6.74. The number of benzene rings is 1. The highest BCUT2D eigenvalue weighted by Crippen LogP contribution is 2.33. The largest absolute Gasteiger partial charge is 0.486 e. The van der Waals surface area contributed by atoms with Gasteiger partial charge in [-0.1, -0.05) is 18.0 Å². The molecular weight excluding hydrogens is 429 g/mol. The minimum absolute atomic E-state index is 0.204. The molecule has 0 aliphatic carbocycles. The van der Waals surface area contributed by atoms with Crippen LogP contribution in [0.25, 0.3) is 0 Å². The Labute approximate surface area is 183 Å². The molecule has 0 unspecified atom stereocenters. The van der Waals surface area contributed by atoms with E-state index in [4.69, 9.17) is 9.15 Å². The maximum absolute atomic E-state index is 12.9. The lowest BCUT2D eigenvalue weighted by Crippen LogP contribution is -2.31. The fourth-order valence-electron chi connectivity index (χ4n) is 4.07. The van der Waals surface area contributed by atoms with Gasteiger partial charge in [-0.3, -0.25) is 14.0 Å². The molecule has 2 aromatic rings. The van der Waals surface area contributed by atoms with Crippen LogP contribution in [0.15, 0.2) is 39.7 Å². The molecule has 168 valence electrons. The van der Waals surface area contributed by atoms with Gasteiger partial charge in [-0.25, -0.2) is 0 Å². The highest BCUT2D eigenvalue weighted by atomic mass is 32.2. The van der Waals surface area contributed by atoms with E-state index in [9.17, 15) is 18.0 Å². The zero-order chi connectivity index (χ0) is 22.0. The first-order valence-electron chi connectivity index (χ1n) is 10.3. The van der Waals surface area contributed by atoms with Crippen molar-refractivity contribution in [3.8, 4) is 5.75 Å². The molecule has 0 saturated carbocycles. The van der Waals surface area contributed by atoms with Crippen molar-refractivity contribution >= 4 is 11.9 Å². The Bertz CT molecular complexity index is 971. The summed E-state index contributed by atoms with van der Waals surface area (Å²) in [6, 6.07) is 5.25. The van der Waals surface area contributed by atoms with Gasteiger partial charge in [0.25, 0.3) is 0 Å². The molecule has 0 N–H and O–H groups in total. The van der Waals surface area contributed by atoms with E-state index in [1.807, 2.05) is 4.90 Å². The molecule has 1 fully saturated rings. The minimum Gasteiger partial charge on any atom is -0.486 e. The van der Waals surface area contributed by atoms with Gasteiger partial charge in [-0.05, 0) is 48.3 Å². The number of hydrogen-bond acceptors (Lipinski definition) is 6. The summed E-state index contributed by atoms with van der Waals surface area (Å²) in [7, 11) is 0. The molecule has 1 aromatic carbocycles. The molecule has 5 nitrogen and oxygen atoms in total. The lowest BCUT2D eigenvalue weighted by Gasteiger charge is -2.29. The van der Waals surface area contributed by atoms with E-state index in [1.165, 1.54) is 24.5 Å². The van der Waals surface area contributed by atoms with Gasteiger partial charge in [0.2, 0.25) is 11.2 Å². The summed E-state index contributed by atoms with van der Waals surface area (Å²) < 4.78 is 52.4. The van der Waals surface area contributed by atoms with E-state index in [1.54, 1.807) is 11.9 Å². The molecule has 2 aliphatic rings. The molecule has 0 radical (unpaired) electrons. The molecular formula is C22H25F3N2O3S. The molecule has 4 rings (SSSR count). The van der Waals surface area contributed by atoms with Crippen LogP contribution in [0.5, 0.6) is 5.75 Å². The van der Waals surface area contributed by atoms with Crippen LogP contribution in [0.1, 0.15) is 35.3 Å². The number of rotatable bonds is 6. The summed E-state index contributed by atoms with van der Waals surface area (Å²) in [5.41, 5.74) is 0.645. The summed E-state index contributed by atoms with van der Waals surface area (Å²) in [6.45, 7) is 3.78. The molecule has 0 spiro atoms. The van der Waals surface area contributed by atoms with Crippen LogP contribution in [0, 0.1) is 5.92 Å². The van der Waals surface area contributed by atoms with Crippen LogP contribution in [-0.2, 0) is 25.8 Å². The second-order valence-corrected chi connectivity index (χ2v) is 8.95. The molecule has 1 saturated heterocycles. The highest BCUT2D eigenvalue weighted by Gasteiger charge is 2.32. The second-order valence-electron chi connectivity index (χ2n) is 8.07. The van der Waals surface area contributed by atoms with Crippen LogP contribution in [0.3, 0.4) is 0 Å². The van der Waals surface area contributed by atoms with Gasteiger partial charge in [0.15, 0.2) is 0 Å². The number of hydrogen-bond donors (Lipinski definition) is 0. The average Bonchev–Trinajstić information content (AvgIpc) is 3.14.